The Bertz CT molecular complexity index is 2080. The molecule has 1 heterocycles. The van der Waals surface area contributed by atoms with E-state index in [9.17, 15) is 34.5 Å². The molecule has 1 saturated heterocycles. The molecule has 0 spiro atoms. The molecular weight excluding hydrogens is 1070 g/mol. The van der Waals surface area contributed by atoms with Crippen LogP contribution in [0.15, 0.2) is 158 Å². The third kappa shape index (κ3) is 48.2. The monoisotopic (exact) mass is 1180 g/mol. The minimum absolute atomic E-state index is 0.00731. The van der Waals surface area contributed by atoms with Crippen LogP contribution in [0.5, 0.6) is 0 Å². The zero-order chi connectivity index (χ0) is 61.7. The van der Waals surface area contributed by atoms with Crippen LogP contribution in [-0.4, -0.2) is 89.2 Å². The fourth-order valence-corrected chi connectivity index (χ4v) is 8.73. The molecule has 6 unspecified atom stereocenters. The van der Waals surface area contributed by atoms with Crippen molar-refractivity contribution >= 4 is 23.9 Å². The van der Waals surface area contributed by atoms with Crippen molar-refractivity contribution in [2.24, 2.45) is 0 Å². The summed E-state index contributed by atoms with van der Waals surface area (Å²) in [4.78, 5) is 51.4. The highest BCUT2D eigenvalue weighted by atomic mass is 16.7. The van der Waals surface area contributed by atoms with Gasteiger partial charge in [-0.05, 0) is 141 Å². The highest BCUT2D eigenvalue weighted by Gasteiger charge is 2.50. The molecule has 3 N–H and O–H groups in total. The van der Waals surface area contributed by atoms with Crippen LogP contribution in [0, 0.1) is 0 Å². The van der Waals surface area contributed by atoms with Crippen LogP contribution in [0.4, 0.5) is 0 Å². The Morgan fingerprint density at radius 3 is 1.08 bits per heavy atom. The van der Waals surface area contributed by atoms with Gasteiger partial charge in [0, 0.05) is 19.3 Å². The molecule has 12 heteroatoms. The fraction of sp³-hybridized carbons (Fsp3) is 0.589. The molecule has 12 nitrogen and oxygen atoms in total. The molecule has 0 aromatic heterocycles. The number of allylic oxidation sites excluding steroid dienone is 26. The van der Waals surface area contributed by atoms with Gasteiger partial charge in [0.1, 0.15) is 18.8 Å². The Kier molecular flexibility index (Phi) is 53.4. The van der Waals surface area contributed by atoms with E-state index in [-0.39, 0.29) is 25.9 Å². The summed E-state index contributed by atoms with van der Waals surface area (Å²) in [6, 6.07) is 0. The quantitative estimate of drug-likeness (QED) is 0.0228. The van der Waals surface area contributed by atoms with Crippen LogP contribution in [0.3, 0.4) is 0 Å². The third-order valence-electron chi connectivity index (χ3n) is 13.6. The molecule has 0 aliphatic carbocycles. The molecule has 6 atom stereocenters. The summed E-state index contributed by atoms with van der Waals surface area (Å²) in [5.74, 6) is -3.24. The van der Waals surface area contributed by atoms with Gasteiger partial charge in [0.25, 0.3) is 0 Å². The van der Waals surface area contributed by atoms with E-state index in [0.717, 1.165) is 167 Å². The van der Waals surface area contributed by atoms with Crippen molar-refractivity contribution in [1.82, 2.24) is 0 Å². The van der Waals surface area contributed by atoms with Gasteiger partial charge in [-0.25, -0.2) is 4.79 Å². The SMILES string of the molecule is CC/C=C\C/C=C\C/C=C\C/C=C\C/C=C\CCCCCC(=O)OCC(COC1OC(C(=O)O)C(O)C(O)C1OC(=O)CCCCC/C=C\C/C=C\C/C=C\C/C=C\C/C=C\CC)OC(=O)CCCCCCCCC/C=C\C/C=C\C/C=C\CC. The van der Waals surface area contributed by atoms with E-state index in [0.29, 0.717) is 19.3 Å². The van der Waals surface area contributed by atoms with Crippen LogP contribution < -0.4 is 0 Å². The number of esters is 3. The Morgan fingerprint density at radius 2 is 0.706 bits per heavy atom. The molecule has 0 aromatic rings. The summed E-state index contributed by atoms with van der Waals surface area (Å²) in [5.41, 5.74) is 0. The number of ether oxygens (including phenoxy) is 5. The lowest BCUT2D eigenvalue weighted by Gasteiger charge is -2.40. The van der Waals surface area contributed by atoms with Crippen LogP contribution in [0.1, 0.15) is 226 Å². The van der Waals surface area contributed by atoms with Gasteiger partial charge in [-0.15, -0.1) is 0 Å². The number of carboxylic acid groups (broad SMARTS) is 1. The molecule has 0 aromatic carbocycles. The van der Waals surface area contributed by atoms with Crippen molar-refractivity contribution in [2.45, 2.75) is 263 Å². The van der Waals surface area contributed by atoms with E-state index in [2.05, 4.69) is 179 Å². The lowest BCUT2D eigenvalue weighted by atomic mass is 9.98. The van der Waals surface area contributed by atoms with Gasteiger partial charge in [0.05, 0.1) is 6.61 Å². The minimum Gasteiger partial charge on any atom is -0.479 e. The first kappa shape index (κ1) is 77.4. The molecule has 1 aliphatic heterocycles. The molecule has 0 bridgehead atoms. The zero-order valence-electron chi connectivity index (χ0n) is 52.5. The van der Waals surface area contributed by atoms with Gasteiger partial charge in [-0.1, -0.05) is 224 Å². The topological polar surface area (TPSA) is 175 Å². The van der Waals surface area contributed by atoms with E-state index < -0.39 is 67.3 Å². The molecule has 1 aliphatic rings. The number of aliphatic hydroxyl groups is 2. The van der Waals surface area contributed by atoms with Crippen molar-refractivity contribution in [2.75, 3.05) is 13.2 Å². The van der Waals surface area contributed by atoms with Crippen LogP contribution in [0.25, 0.3) is 0 Å². The van der Waals surface area contributed by atoms with Crippen molar-refractivity contribution < 1.29 is 58.2 Å². The Balaban J connectivity index is 2.73. The first-order valence-corrected chi connectivity index (χ1v) is 32.5. The smallest absolute Gasteiger partial charge is 0.335 e. The summed E-state index contributed by atoms with van der Waals surface area (Å²) in [6.45, 7) is 5.61. The average Bonchev–Trinajstić information content (AvgIpc) is 3.51. The maximum atomic E-state index is 13.2. The zero-order valence-corrected chi connectivity index (χ0v) is 52.5. The molecule has 0 saturated carbocycles. The van der Waals surface area contributed by atoms with Gasteiger partial charge in [0.15, 0.2) is 24.6 Å². The first-order valence-electron chi connectivity index (χ1n) is 32.5. The number of carbonyl (C=O) groups is 4. The van der Waals surface area contributed by atoms with Crippen LogP contribution in [0.2, 0.25) is 0 Å². The highest BCUT2D eigenvalue weighted by Crippen LogP contribution is 2.26. The van der Waals surface area contributed by atoms with Crippen molar-refractivity contribution in [3.63, 3.8) is 0 Å². The van der Waals surface area contributed by atoms with E-state index in [1.165, 1.54) is 0 Å². The second-order valence-corrected chi connectivity index (χ2v) is 21.2. The highest BCUT2D eigenvalue weighted by molar-refractivity contribution is 5.74. The van der Waals surface area contributed by atoms with Crippen molar-refractivity contribution in [3.05, 3.63) is 158 Å². The summed E-state index contributed by atoms with van der Waals surface area (Å²) in [5, 5.41) is 31.6. The Hall–Kier alpha value is -5.66. The van der Waals surface area contributed by atoms with Crippen LogP contribution >= 0.6 is 0 Å². The molecule has 85 heavy (non-hydrogen) atoms. The van der Waals surface area contributed by atoms with Gasteiger partial charge < -0.3 is 39.0 Å². The van der Waals surface area contributed by atoms with Crippen molar-refractivity contribution in [1.29, 1.82) is 0 Å². The molecule has 1 fully saturated rings. The largest absolute Gasteiger partial charge is 0.479 e. The number of rotatable bonds is 53. The van der Waals surface area contributed by atoms with Gasteiger partial charge in [-0.3, -0.25) is 14.4 Å². The first-order chi connectivity index (χ1) is 41.6. The van der Waals surface area contributed by atoms with Gasteiger partial charge in [0.2, 0.25) is 0 Å². The maximum absolute atomic E-state index is 13.2. The summed E-state index contributed by atoms with van der Waals surface area (Å²) >= 11 is 0. The van der Waals surface area contributed by atoms with Gasteiger partial charge in [-0.2, -0.15) is 0 Å². The second kappa shape index (κ2) is 58.7. The minimum atomic E-state index is -1.93. The molecular formula is C73H112O12. The second-order valence-electron chi connectivity index (χ2n) is 21.2. The van der Waals surface area contributed by atoms with E-state index >= 15 is 0 Å². The number of carboxylic acids is 1. The standard InChI is InChI=1S/C73H112O12/c1-4-7-10-13-16-19-22-25-28-31-33-36-38-41-44-47-50-53-56-59-65(74)81-62-64(83-66(75)60-57-54-51-48-45-42-39-35-30-27-24-21-18-15-12-9-6-3)63-82-73-71(69(78)68(77)70(85-73)72(79)80)84-67(76)61-58-55-52-49-46-43-40-37-34-32-29-26-23-20-17-14-11-8-5-2/h7-12,16-21,25-30,33-34,36-37,41,43-44,46,64,68-71,73,77-78H,4-6,13-15,22-24,31-32,35,38-40,42,45,47-63H2,1-3H3,(H,79,80)/b10-7-,11-8-,12-9-,19-16-,20-17-,21-18-,28-25-,29-26-,30-27-,36-33-,37-34-,44-41-,46-43-. The predicted octanol–water partition coefficient (Wildman–Crippen LogP) is 17.7. The van der Waals surface area contributed by atoms with E-state index in [4.69, 9.17) is 23.7 Å². The lowest BCUT2D eigenvalue weighted by Crippen LogP contribution is -2.61. The molecule has 0 amide bonds. The summed E-state index contributed by atoms with van der Waals surface area (Å²) in [6.07, 6.45) is 73.3. The average molecular weight is 1180 g/mol. The number of unbranched alkanes of at least 4 members (excludes halogenated alkanes) is 13. The normalized spacial score (nSPS) is 18.5. The summed E-state index contributed by atoms with van der Waals surface area (Å²) in [7, 11) is 0. The number of hydrogen-bond acceptors (Lipinski definition) is 11. The number of aliphatic hydroxyl groups excluding tert-OH is 2. The molecule has 476 valence electrons. The third-order valence-corrected chi connectivity index (χ3v) is 13.6. The predicted molar refractivity (Wildman–Crippen MR) is 349 cm³/mol. The number of carbonyl (C=O) groups excluding carboxylic acids is 3. The molecule has 0 radical (unpaired) electrons. The maximum Gasteiger partial charge on any atom is 0.335 e. The van der Waals surface area contributed by atoms with Gasteiger partial charge >= 0.3 is 23.9 Å². The Labute approximate surface area is 514 Å². The Morgan fingerprint density at radius 1 is 0.388 bits per heavy atom. The van der Waals surface area contributed by atoms with Crippen molar-refractivity contribution in [3.8, 4) is 0 Å². The molecule has 1 rings (SSSR count). The summed E-state index contributed by atoms with van der Waals surface area (Å²) < 4.78 is 28.5. The van der Waals surface area contributed by atoms with E-state index in [1.807, 2.05) is 0 Å². The number of aliphatic carboxylic acids is 1. The van der Waals surface area contributed by atoms with E-state index in [1.54, 1.807) is 0 Å². The number of hydrogen-bond donors (Lipinski definition) is 3. The van der Waals surface area contributed by atoms with Crippen LogP contribution in [-0.2, 0) is 42.9 Å². The fourth-order valence-electron chi connectivity index (χ4n) is 8.73. The lowest BCUT2D eigenvalue weighted by molar-refractivity contribution is -0.301.